The molecule has 0 atom stereocenters. The van der Waals surface area contributed by atoms with Gasteiger partial charge < -0.3 is 0 Å². The Bertz CT molecular complexity index is 3440. The summed E-state index contributed by atoms with van der Waals surface area (Å²) in [5.41, 5.74) is 13.7. The highest BCUT2D eigenvalue weighted by Gasteiger charge is 2.17. The lowest BCUT2D eigenvalue weighted by atomic mass is 9.93. The molecule has 11 aromatic rings. The van der Waals surface area contributed by atoms with Gasteiger partial charge in [0.1, 0.15) is 0 Å². The molecule has 9 aromatic carbocycles. The van der Waals surface area contributed by atoms with Gasteiger partial charge in [0.05, 0.1) is 0 Å². The van der Waals surface area contributed by atoms with Crippen molar-refractivity contribution >= 4 is 32.3 Å². The van der Waals surface area contributed by atoms with Crippen LogP contribution in [0.2, 0.25) is 0 Å². The highest BCUT2D eigenvalue weighted by Crippen LogP contribution is 2.37. The molecule has 0 amide bonds. The van der Waals surface area contributed by atoms with Crippen LogP contribution in [0.15, 0.2) is 206 Å². The first kappa shape index (κ1) is 37.0. The van der Waals surface area contributed by atoms with E-state index in [2.05, 4.69) is 200 Å². The fraction of sp³-hybridized carbons (Fsp3) is 0.0345. The minimum Gasteiger partial charge on any atom is -0.258 e. The first-order valence-electron chi connectivity index (χ1n) is 21.0. The summed E-state index contributed by atoms with van der Waals surface area (Å²) < 4.78 is 0. The van der Waals surface area contributed by atoms with Gasteiger partial charge in [-0.3, -0.25) is 4.98 Å². The van der Waals surface area contributed by atoms with E-state index in [4.69, 9.17) is 19.9 Å². The molecule has 62 heavy (non-hydrogen) atoms. The fourth-order valence-electron chi connectivity index (χ4n) is 8.77. The second kappa shape index (κ2) is 15.5. The molecule has 4 nitrogen and oxygen atoms in total. The van der Waals surface area contributed by atoms with Gasteiger partial charge in [-0.2, -0.15) is 0 Å². The lowest BCUT2D eigenvalue weighted by Crippen LogP contribution is -2.01. The molecule has 2 aromatic heterocycles. The van der Waals surface area contributed by atoms with Crippen molar-refractivity contribution in [3.8, 4) is 78.7 Å². The molecule has 0 spiro atoms. The third kappa shape index (κ3) is 7.08. The van der Waals surface area contributed by atoms with Crippen LogP contribution in [-0.2, 0) is 0 Å². The lowest BCUT2D eigenvalue weighted by molar-refractivity contribution is 1.07. The quantitative estimate of drug-likeness (QED) is 0.151. The average Bonchev–Trinajstić information content (AvgIpc) is 3.33. The fourth-order valence-corrected chi connectivity index (χ4v) is 8.77. The molecule has 0 radical (unpaired) electrons. The molecule has 0 unspecified atom stereocenters. The number of hydrogen-bond acceptors (Lipinski definition) is 4. The van der Waals surface area contributed by atoms with Crippen LogP contribution < -0.4 is 0 Å². The van der Waals surface area contributed by atoms with Gasteiger partial charge in [-0.25, -0.2) is 15.0 Å². The van der Waals surface area contributed by atoms with Crippen LogP contribution in [0.5, 0.6) is 0 Å². The monoisotopic (exact) mass is 792 g/mol. The first-order valence-corrected chi connectivity index (χ1v) is 21.0. The predicted molar refractivity (Wildman–Crippen MR) is 258 cm³/mol. The smallest absolute Gasteiger partial charge is 0.164 e. The number of fused-ring (bicyclic) bond motifs is 4. The molecule has 11 rings (SSSR count). The average molecular weight is 793 g/mol. The summed E-state index contributed by atoms with van der Waals surface area (Å²) in [5, 5.41) is 7.36. The van der Waals surface area contributed by atoms with Gasteiger partial charge in [0.2, 0.25) is 0 Å². The normalized spacial score (nSPS) is 11.4. The zero-order valence-electron chi connectivity index (χ0n) is 34.4. The van der Waals surface area contributed by atoms with Gasteiger partial charge >= 0.3 is 0 Å². The number of nitrogens with zero attached hydrogens (tertiary/aromatic N) is 4. The van der Waals surface area contributed by atoms with E-state index in [-0.39, 0.29) is 0 Å². The van der Waals surface area contributed by atoms with Crippen LogP contribution in [0, 0.1) is 13.8 Å². The van der Waals surface area contributed by atoms with Crippen LogP contribution in [0.4, 0.5) is 0 Å². The summed E-state index contributed by atoms with van der Waals surface area (Å²) in [5.74, 6) is 1.83. The van der Waals surface area contributed by atoms with Crippen LogP contribution in [-0.4, -0.2) is 19.9 Å². The minimum absolute atomic E-state index is 0.604. The predicted octanol–water partition coefficient (Wildman–Crippen LogP) is 15.0. The van der Waals surface area contributed by atoms with E-state index >= 15 is 0 Å². The third-order valence-corrected chi connectivity index (χ3v) is 11.8. The van der Waals surface area contributed by atoms with E-state index in [1.54, 1.807) is 0 Å². The second-order valence-corrected chi connectivity index (χ2v) is 16.0. The number of pyridine rings is 1. The summed E-state index contributed by atoms with van der Waals surface area (Å²) in [6.07, 6.45) is 0. The Morgan fingerprint density at radius 1 is 0.242 bits per heavy atom. The van der Waals surface area contributed by atoms with Crippen LogP contribution in [0.3, 0.4) is 0 Å². The molecule has 0 aliphatic rings. The summed E-state index contributed by atoms with van der Waals surface area (Å²) in [6.45, 7) is 4.10. The number of hydrogen-bond donors (Lipinski definition) is 0. The van der Waals surface area contributed by atoms with Gasteiger partial charge in [0, 0.05) is 28.1 Å². The van der Waals surface area contributed by atoms with Crippen molar-refractivity contribution in [2.75, 3.05) is 0 Å². The van der Waals surface area contributed by atoms with Gasteiger partial charge in [0.25, 0.3) is 0 Å². The molecule has 0 saturated carbocycles. The maximum absolute atomic E-state index is 5.27. The zero-order valence-corrected chi connectivity index (χ0v) is 34.4. The zero-order chi connectivity index (χ0) is 41.6. The van der Waals surface area contributed by atoms with Gasteiger partial charge in [-0.15, -0.1) is 0 Å². The van der Waals surface area contributed by atoms with Crippen LogP contribution >= 0.6 is 0 Å². The Morgan fingerprint density at radius 3 is 1.39 bits per heavy atom. The van der Waals surface area contributed by atoms with Crippen molar-refractivity contribution in [2.24, 2.45) is 0 Å². The Kier molecular flexibility index (Phi) is 9.24. The molecule has 0 saturated heterocycles. The lowest BCUT2D eigenvalue weighted by Gasteiger charge is -2.14. The first-order chi connectivity index (χ1) is 30.5. The van der Waals surface area contributed by atoms with E-state index < -0.39 is 0 Å². The van der Waals surface area contributed by atoms with Crippen molar-refractivity contribution in [3.05, 3.63) is 218 Å². The number of aryl methyl sites for hydroxylation is 2. The van der Waals surface area contributed by atoms with Crippen molar-refractivity contribution in [1.29, 1.82) is 0 Å². The third-order valence-electron chi connectivity index (χ3n) is 11.8. The van der Waals surface area contributed by atoms with Crippen molar-refractivity contribution in [3.63, 3.8) is 0 Å². The largest absolute Gasteiger partial charge is 0.258 e. The molecule has 0 aliphatic heterocycles. The Hall–Kier alpha value is -8.08. The summed E-state index contributed by atoms with van der Waals surface area (Å²) >= 11 is 0. The summed E-state index contributed by atoms with van der Waals surface area (Å²) in [7, 11) is 0. The van der Waals surface area contributed by atoms with Crippen LogP contribution in [0.25, 0.3) is 111 Å². The number of benzene rings is 9. The van der Waals surface area contributed by atoms with E-state index in [1.165, 1.54) is 37.9 Å². The topological polar surface area (TPSA) is 51.6 Å². The number of aromatic nitrogens is 4. The molecular formula is C58H40N4. The standard InChI is InChI=1S/C58H40N4/c1-37-31-48(32-38(2)59-37)50-34-49(46-29-30-55-47(33-46)28-23-42-14-7-9-17-53(42)55)35-51(36-50)58-61-56(44-24-19-40(20-25-44)39-11-4-3-5-12-39)60-57(62-58)45-26-21-43(22-27-45)54-18-10-15-41-13-6-8-16-52(41)54/h3-36H,1-2H3. The van der Waals surface area contributed by atoms with Crippen LogP contribution in [0.1, 0.15) is 11.4 Å². The SMILES string of the molecule is Cc1cc(-c2cc(-c3ccc4c(ccc5ccccc54)c3)cc(-c3nc(-c4ccc(-c5ccccc5)cc4)nc(-c4ccc(-c5cccc6ccccc56)cc4)n3)c2)cc(C)n1. The molecule has 4 heteroatoms. The van der Waals surface area contributed by atoms with Crippen molar-refractivity contribution in [2.45, 2.75) is 13.8 Å². The van der Waals surface area contributed by atoms with Gasteiger partial charge in [-0.05, 0) is 127 Å². The van der Waals surface area contributed by atoms with E-state index in [0.29, 0.717) is 17.5 Å². The molecule has 0 aliphatic carbocycles. The van der Waals surface area contributed by atoms with Crippen molar-refractivity contribution < 1.29 is 0 Å². The molecular weight excluding hydrogens is 753 g/mol. The molecule has 292 valence electrons. The molecule has 0 fully saturated rings. The summed E-state index contributed by atoms with van der Waals surface area (Å²) in [4.78, 5) is 20.4. The second-order valence-electron chi connectivity index (χ2n) is 16.0. The maximum atomic E-state index is 5.27. The van der Waals surface area contributed by atoms with Gasteiger partial charge in [0.15, 0.2) is 17.5 Å². The van der Waals surface area contributed by atoms with E-state index in [0.717, 1.165) is 67.0 Å². The Morgan fingerprint density at radius 2 is 0.694 bits per heavy atom. The maximum Gasteiger partial charge on any atom is 0.164 e. The highest BCUT2D eigenvalue weighted by atomic mass is 15.0. The van der Waals surface area contributed by atoms with Crippen molar-refractivity contribution in [1.82, 2.24) is 19.9 Å². The number of rotatable bonds is 7. The molecule has 0 N–H and O–H groups in total. The molecule has 0 bridgehead atoms. The molecule has 2 heterocycles. The Labute approximate surface area is 360 Å². The Balaban J connectivity index is 1.08. The van der Waals surface area contributed by atoms with Gasteiger partial charge in [-0.1, -0.05) is 170 Å². The highest BCUT2D eigenvalue weighted by molar-refractivity contribution is 6.08. The van der Waals surface area contributed by atoms with E-state index in [1.807, 2.05) is 19.9 Å². The summed E-state index contributed by atoms with van der Waals surface area (Å²) in [6, 6.07) is 73.3. The minimum atomic E-state index is 0.604. The van der Waals surface area contributed by atoms with E-state index in [9.17, 15) is 0 Å².